The van der Waals surface area contributed by atoms with Gasteiger partial charge in [0.25, 0.3) is 0 Å². The summed E-state index contributed by atoms with van der Waals surface area (Å²) in [5, 5.41) is 17.5. The normalized spacial score (nSPS) is 19.6. The van der Waals surface area contributed by atoms with Gasteiger partial charge in [0.15, 0.2) is 0 Å². The van der Waals surface area contributed by atoms with Gasteiger partial charge in [0.1, 0.15) is 6.07 Å². The van der Waals surface area contributed by atoms with Crippen LogP contribution in [0.5, 0.6) is 0 Å². The van der Waals surface area contributed by atoms with Crippen LogP contribution in [0.4, 0.5) is 5.69 Å². The molecule has 1 atom stereocenters. The van der Waals surface area contributed by atoms with Gasteiger partial charge in [-0.25, -0.2) is 13.6 Å². The number of nitriles is 1. The van der Waals surface area contributed by atoms with E-state index in [-0.39, 0.29) is 4.90 Å². The first-order chi connectivity index (χ1) is 10.4. The minimum atomic E-state index is -3.78. The van der Waals surface area contributed by atoms with Gasteiger partial charge in [0.05, 0.1) is 16.1 Å². The van der Waals surface area contributed by atoms with Crippen LogP contribution in [0.2, 0.25) is 0 Å². The van der Waals surface area contributed by atoms with Crippen molar-refractivity contribution in [3.05, 3.63) is 23.8 Å². The predicted octanol–water partition coefficient (Wildman–Crippen LogP) is 1.49. The third-order valence-corrected chi connectivity index (χ3v) is 5.01. The fourth-order valence-electron chi connectivity index (χ4n) is 2.77. The Hall–Kier alpha value is -1.62. The maximum atomic E-state index is 11.3. The number of benzene rings is 1. The zero-order valence-corrected chi connectivity index (χ0v) is 13.6. The molecule has 0 aromatic heterocycles. The third-order valence-electron chi connectivity index (χ3n) is 4.10. The highest BCUT2D eigenvalue weighted by atomic mass is 32.2. The van der Waals surface area contributed by atoms with Crippen molar-refractivity contribution in [3.63, 3.8) is 0 Å². The molecule has 0 aliphatic carbocycles. The molecule has 1 aromatic carbocycles. The molecule has 0 radical (unpaired) electrons. The number of primary sulfonamides is 1. The molecule has 7 heteroatoms. The number of piperidine rings is 1. The molecule has 6 nitrogen and oxygen atoms in total. The first-order valence-corrected chi connectivity index (χ1v) is 9.01. The molecule has 2 rings (SSSR count). The molecule has 1 fully saturated rings. The van der Waals surface area contributed by atoms with Gasteiger partial charge in [-0.15, -0.1) is 0 Å². The summed E-state index contributed by atoms with van der Waals surface area (Å²) in [5.41, 5.74) is 0.929. The molecule has 0 bridgehead atoms. The Balaban J connectivity index is 1.99. The predicted molar refractivity (Wildman–Crippen MR) is 85.9 cm³/mol. The van der Waals surface area contributed by atoms with E-state index in [1.807, 2.05) is 6.07 Å². The van der Waals surface area contributed by atoms with E-state index in [0.717, 1.165) is 13.1 Å². The second-order valence-electron chi connectivity index (χ2n) is 5.67. The molecule has 1 heterocycles. The van der Waals surface area contributed by atoms with Crippen LogP contribution in [-0.2, 0) is 10.0 Å². The number of hydrogen-bond acceptors (Lipinski definition) is 5. The van der Waals surface area contributed by atoms with E-state index >= 15 is 0 Å². The summed E-state index contributed by atoms with van der Waals surface area (Å²) in [7, 11) is -3.78. The average molecular weight is 322 g/mol. The van der Waals surface area contributed by atoms with Crippen LogP contribution in [0.25, 0.3) is 0 Å². The molecule has 3 N–H and O–H groups in total. The van der Waals surface area contributed by atoms with Crippen LogP contribution in [0.15, 0.2) is 23.1 Å². The Bertz CT molecular complexity index is 667. The summed E-state index contributed by atoms with van der Waals surface area (Å²) in [6, 6.07) is 6.92. The molecule has 1 aliphatic rings. The molecule has 1 aliphatic heterocycles. The Morgan fingerprint density at radius 2 is 2.23 bits per heavy atom. The van der Waals surface area contributed by atoms with E-state index in [0.29, 0.717) is 23.8 Å². The first kappa shape index (κ1) is 16.7. The van der Waals surface area contributed by atoms with Crippen LogP contribution < -0.4 is 10.5 Å². The van der Waals surface area contributed by atoms with Crippen molar-refractivity contribution in [2.24, 2.45) is 5.14 Å². The monoisotopic (exact) mass is 322 g/mol. The molecule has 1 saturated heterocycles. The van der Waals surface area contributed by atoms with Gasteiger partial charge < -0.3 is 5.32 Å². The Kier molecular flexibility index (Phi) is 5.40. The largest absolute Gasteiger partial charge is 0.383 e. The molecule has 0 spiro atoms. The molecular weight excluding hydrogens is 300 g/mol. The van der Waals surface area contributed by atoms with Gasteiger partial charge in [0.2, 0.25) is 10.0 Å². The number of hydrogen-bond donors (Lipinski definition) is 2. The van der Waals surface area contributed by atoms with Gasteiger partial charge >= 0.3 is 0 Å². The Morgan fingerprint density at radius 1 is 1.45 bits per heavy atom. The molecular formula is C15H22N4O2S. The van der Waals surface area contributed by atoms with Gasteiger partial charge in [-0.3, -0.25) is 4.90 Å². The average Bonchev–Trinajstić information content (AvgIpc) is 2.48. The first-order valence-electron chi connectivity index (χ1n) is 7.46. The number of sulfonamides is 1. The van der Waals surface area contributed by atoms with E-state index in [1.165, 1.54) is 31.4 Å². The Labute approximate surface area is 132 Å². The van der Waals surface area contributed by atoms with Crippen molar-refractivity contribution in [2.45, 2.75) is 37.1 Å². The lowest BCUT2D eigenvalue weighted by Gasteiger charge is -2.33. The molecule has 22 heavy (non-hydrogen) atoms. The van der Waals surface area contributed by atoms with E-state index in [4.69, 9.17) is 10.4 Å². The van der Waals surface area contributed by atoms with E-state index in [2.05, 4.69) is 17.1 Å². The van der Waals surface area contributed by atoms with Crippen molar-refractivity contribution in [2.75, 3.05) is 25.0 Å². The zero-order valence-electron chi connectivity index (χ0n) is 12.7. The summed E-state index contributed by atoms with van der Waals surface area (Å²) in [4.78, 5) is 2.39. The lowest BCUT2D eigenvalue weighted by Crippen LogP contribution is -2.40. The second kappa shape index (κ2) is 7.09. The highest BCUT2D eigenvalue weighted by Crippen LogP contribution is 2.20. The maximum absolute atomic E-state index is 11.3. The van der Waals surface area contributed by atoms with E-state index in [1.54, 1.807) is 6.07 Å². The number of anilines is 1. The Morgan fingerprint density at radius 3 is 2.86 bits per heavy atom. The number of rotatable bonds is 5. The smallest absolute Gasteiger partial charge is 0.238 e. The minimum Gasteiger partial charge on any atom is -0.383 e. The number of nitrogens with two attached hydrogens (primary N) is 1. The van der Waals surface area contributed by atoms with Crippen molar-refractivity contribution in [3.8, 4) is 6.07 Å². The summed E-state index contributed by atoms with van der Waals surface area (Å²) in [6.45, 7) is 4.97. The van der Waals surface area contributed by atoms with Crippen LogP contribution in [0, 0.1) is 11.3 Å². The van der Waals surface area contributed by atoms with Crippen molar-refractivity contribution >= 4 is 15.7 Å². The van der Waals surface area contributed by atoms with Gasteiger partial charge in [0, 0.05) is 19.1 Å². The number of nitrogens with one attached hydrogen (secondary N) is 1. The van der Waals surface area contributed by atoms with E-state index < -0.39 is 10.0 Å². The molecule has 0 amide bonds. The van der Waals surface area contributed by atoms with Gasteiger partial charge in [-0.2, -0.15) is 5.26 Å². The minimum absolute atomic E-state index is 0.0424. The molecule has 1 unspecified atom stereocenters. The number of nitrogens with zero attached hydrogens (tertiary/aromatic N) is 2. The zero-order chi connectivity index (χ0) is 16.2. The highest BCUT2D eigenvalue weighted by molar-refractivity contribution is 7.89. The summed E-state index contributed by atoms with van der Waals surface area (Å²) < 4.78 is 22.6. The molecule has 120 valence electrons. The molecule has 0 saturated carbocycles. The quantitative estimate of drug-likeness (QED) is 0.855. The topological polar surface area (TPSA) is 99.2 Å². The van der Waals surface area contributed by atoms with Crippen molar-refractivity contribution in [1.82, 2.24) is 4.90 Å². The maximum Gasteiger partial charge on any atom is 0.238 e. The standard InChI is InChI=1S/C15H22N4O2S/c1-12-4-2-3-8-19(12)9-7-18-15-6-5-14(22(17,20)21)10-13(15)11-16/h5-6,10,12,18H,2-4,7-9H2,1H3,(H2,17,20,21). The summed E-state index contributed by atoms with van der Waals surface area (Å²) in [6.07, 6.45) is 3.75. The lowest BCUT2D eigenvalue weighted by atomic mass is 10.0. The fourth-order valence-corrected chi connectivity index (χ4v) is 3.31. The summed E-state index contributed by atoms with van der Waals surface area (Å²) >= 11 is 0. The van der Waals surface area contributed by atoms with Crippen LogP contribution in [0.1, 0.15) is 31.7 Å². The second-order valence-corrected chi connectivity index (χ2v) is 7.23. The molecule has 1 aromatic rings. The van der Waals surface area contributed by atoms with Crippen LogP contribution >= 0.6 is 0 Å². The highest BCUT2D eigenvalue weighted by Gasteiger charge is 2.17. The van der Waals surface area contributed by atoms with Crippen molar-refractivity contribution < 1.29 is 8.42 Å². The number of likely N-dealkylation sites (tertiary alicyclic amines) is 1. The van der Waals surface area contributed by atoms with Gasteiger partial charge in [-0.05, 0) is 44.5 Å². The summed E-state index contributed by atoms with van der Waals surface area (Å²) in [5.74, 6) is 0. The SMILES string of the molecule is CC1CCCCN1CCNc1ccc(S(N)(=O)=O)cc1C#N. The fraction of sp³-hybridized carbons (Fsp3) is 0.533. The third kappa shape index (κ3) is 4.19. The van der Waals surface area contributed by atoms with Crippen molar-refractivity contribution in [1.29, 1.82) is 5.26 Å². The van der Waals surface area contributed by atoms with E-state index in [9.17, 15) is 8.42 Å². The van der Waals surface area contributed by atoms with Gasteiger partial charge in [-0.1, -0.05) is 6.42 Å². The lowest BCUT2D eigenvalue weighted by molar-refractivity contribution is 0.167. The van der Waals surface area contributed by atoms with Crippen LogP contribution in [0.3, 0.4) is 0 Å². The van der Waals surface area contributed by atoms with Crippen LogP contribution in [-0.4, -0.2) is 39.0 Å².